The molecule has 10 heteroatoms. The molecule has 0 bridgehead atoms. The van der Waals surface area contributed by atoms with Gasteiger partial charge in [0.1, 0.15) is 5.75 Å². The molecular formula is C19H19ClN2O6S. The first-order valence-electron chi connectivity index (χ1n) is 8.85. The molecule has 1 aliphatic heterocycles. The molecule has 0 unspecified atom stereocenters. The third-order valence-electron chi connectivity index (χ3n) is 4.65. The first kappa shape index (κ1) is 21.1. The largest absolute Gasteiger partial charge is 0.484 e. The van der Waals surface area contributed by atoms with E-state index in [2.05, 4.69) is 0 Å². The van der Waals surface area contributed by atoms with Gasteiger partial charge in [-0.25, -0.2) is 8.42 Å². The maximum Gasteiger partial charge on any atom is 0.269 e. The minimum Gasteiger partial charge on any atom is -0.484 e. The summed E-state index contributed by atoms with van der Waals surface area (Å²) in [6, 6.07) is 11.9. The number of nitrogens with zero attached hydrogens (tertiary/aromatic N) is 2. The Hall–Kier alpha value is -2.65. The highest BCUT2D eigenvalue weighted by atomic mass is 35.5. The number of hydrogen-bond acceptors (Lipinski definition) is 6. The zero-order valence-electron chi connectivity index (χ0n) is 15.4. The van der Waals surface area contributed by atoms with E-state index in [1.165, 1.54) is 29.2 Å². The van der Waals surface area contributed by atoms with Gasteiger partial charge in [-0.3, -0.25) is 14.9 Å². The molecule has 0 radical (unpaired) electrons. The summed E-state index contributed by atoms with van der Waals surface area (Å²) in [5.74, 6) is -0.0790. The summed E-state index contributed by atoms with van der Waals surface area (Å²) in [6.07, 6.45) is 0.374. The number of nitro groups is 1. The van der Waals surface area contributed by atoms with Crippen molar-refractivity contribution in [2.45, 2.75) is 19.0 Å². The van der Waals surface area contributed by atoms with Crippen molar-refractivity contribution in [3.8, 4) is 5.75 Å². The van der Waals surface area contributed by atoms with Crippen LogP contribution in [0.25, 0.3) is 0 Å². The van der Waals surface area contributed by atoms with Crippen LogP contribution in [-0.2, 0) is 21.2 Å². The van der Waals surface area contributed by atoms with Crippen LogP contribution >= 0.6 is 11.6 Å². The second-order valence-corrected chi connectivity index (χ2v) is 9.41. The smallest absolute Gasteiger partial charge is 0.269 e. The molecule has 8 nitrogen and oxygen atoms in total. The van der Waals surface area contributed by atoms with E-state index in [-0.39, 0.29) is 36.3 Å². The standard InChI is InChI=1S/C19H19ClN2O6S/c20-15-3-1-14(2-4-15)11-21(17-9-10-29(26,27)13-17)19(23)12-28-18-7-5-16(6-8-18)22(24)25/h1-8,17H,9-13H2/t17-/m0/s1. The SMILES string of the molecule is O=C(COc1ccc([N+](=O)[O-])cc1)N(Cc1ccc(Cl)cc1)[C@H]1CCS(=O)(=O)C1. The van der Waals surface area contributed by atoms with Crippen molar-refractivity contribution in [2.75, 3.05) is 18.1 Å². The normalized spacial score (nSPS) is 17.6. The number of hydrogen-bond donors (Lipinski definition) is 0. The minimum atomic E-state index is -3.17. The lowest BCUT2D eigenvalue weighted by atomic mass is 10.1. The zero-order valence-corrected chi connectivity index (χ0v) is 16.9. The van der Waals surface area contributed by atoms with Gasteiger partial charge in [-0.2, -0.15) is 0 Å². The fraction of sp³-hybridized carbons (Fsp3) is 0.316. The van der Waals surface area contributed by atoms with Gasteiger partial charge in [-0.05, 0) is 36.2 Å². The third-order valence-corrected chi connectivity index (χ3v) is 6.65. The van der Waals surface area contributed by atoms with Gasteiger partial charge in [0.05, 0.1) is 16.4 Å². The third kappa shape index (κ3) is 5.68. The van der Waals surface area contributed by atoms with Crippen LogP contribution in [0.4, 0.5) is 5.69 Å². The van der Waals surface area contributed by atoms with E-state index in [1.807, 2.05) is 0 Å². The van der Waals surface area contributed by atoms with Crippen LogP contribution in [0.5, 0.6) is 5.75 Å². The van der Waals surface area contributed by atoms with E-state index < -0.39 is 20.8 Å². The first-order chi connectivity index (χ1) is 13.7. The predicted octanol–water partition coefficient (Wildman–Crippen LogP) is 2.84. The number of non-ortho nitro benzene ring substituents is 1. The molecule has 1 saturated heterocycles. The van der Waals surface area contributed by atoms with Crippen LogP contribution < -0.4 is 4.74 Å². The lowest BCUT2D eigenvalue weighted by Gasteiger charge is -2.28. The first-order valence-corrected chi connectivity index (χ1v) is 11.0. The molecule has 2 aromatic rings. The zero-order chi connectivity index (χ0) is 21.0. The van der Waals surface area contributed by atoms with Crippen molar-refractivity contribution in [1.82, 2.24) is 4.90 Å². The topological polar surface area (TPSA) is 107 Å². The molecule has 0 aliphatic carbocycles. The molecule has 1 fully saturated rings. The number of sulfone groups is 1. The molecule has 1 amide bonds. The molecule has 1 atom stereocenters. The van der Waals surface area contributed by atoms with Crippen LogP contribution in [0.15, 0.2) is 48.5 Å². The quantitative estimate of drug-likeness (QED) is 0.486. The molecule has 3 rings (SSSR count). The van der Waals surface area contributed by atoms with Gasteiger partial charge in [-0.15, -0.1) is 0 Å². The van der Waals surface area contributed by atoms with E-state index in [0.29, 0.717) is 17.2 Å². The van der Waals surface area contributed by atoms with E-state index in [0.717, 1.165) is 5.56 Å². The van der Waals surface area contributed by atoms with Crippen LogP contribution in [0.3, 0.4) is 0 Å². The average molecular weight is 439 g/mol. The van der Waals surface area contributed by atoms with E-state index in [4.69, 9.17) is 16.3 Å². The summed E-state index contributed by atoms with van der Waals surface area (Å²) in [7, 11) is -3.17. The molecule has 0 spiro atoms. The molecule has 0 aromatic heterocycles. The highest BCUT2D eigenvalue weighted by Crippen LogP contribution is 2.22. The Bertz CT molecular complexity index is 992. The summed E-state index contributed by atoms with van der Waals surface area (Å²) in [5, 5.41) is 11.3. The average Bonchev–Trinajstić information content (AvgIpc) is 3.05. The molecule has 1 heterocycles. The lowest BCUT2D eigenvalue weighted by molar-refractivity contribution is -0.384. The number of halogens is 1. The summed E-state index contributed by atoms with van der Waals surface area (Å²) in [6.45, 7) is -0.0677. The molecule has 29 heavy (non-hydrogen) atoms. The summed E-state index contributed by atoms with van der Waals surface area (Å²) in [5.41, 5.74) is 0.742. The molecule has 154 valence electrons. The Morgan fingerprint density at radius 3 is 2.38 bits per heavy atom. The van der Waals surface area contributed by atoms with Crippen molar-refractivity contribution in [3.63, 3.8) is 0 Å². The van der Waals surface area contributed by atoms with Crippen LogP contribution in [0.1, 0.15) is 12.0 Å². The maximum atomic E-state index is 12.8. The van der Waals surface area contributed by atoms with Crippen molar-refractivity contribution < 1.29 is 22.9 Å². The summed E-state index contributed by atoms with van der Waals surface area (Å²) in [4.78, 5) is 24.5. The van der Waals surface area contributed by atoms with Crippen molar-refractivity contribution in [1.29, 1.82) is 0 Å². The van der Waals surface area contributed by atoms with Gasteiger partial charge in [0, 0.05) is 29.7 Å². The highest BCUT2D eigenvalue weighted by Gasteiger charge is 2.34. The highest BCUT2D eigenvalue weighted by molar-refractivity contribution is 7.91. The van der Waals surface area contributed by atoms with E-state index >= 15 is 0 Å². The van der Waals surface area contributed by atoms with Crippen molar-refractivity contribution in [2.24, 2.45) is 0 Å². The van der Waals surface area contributed by atoms with Gasteiger partial charge >= 0.3 is 0 Å². The number of nitro benzene ring substituents is 1. The second-order valence-electron chi connectivity index (χ2n) is 6.74. The van der Waals surface area contributed by atoms with E-state index in [1.54, 1.807) is 24.3 Å². The van der Waals surface area contributed by atoms with Crippen molar-refractivity contribution in [3.05, 3.63) is 69.2 Å². The number of rotatable bonds is 7. The van der Waals surface area contributed by atoms with Crippen LogP contribution in [0.2, 0.25) is 5.02 Å². The second kappa shape index (κ2) is 8.79. The predicted molar refractivity (Wildman–Crippen MR) is 108 cm³/mol. The lowest BCUT2D eigenvalue weighted by Crippen LogP contribution is -2.43. The Labute approximate surface area is 173 Å². The maximum absolute atomic E-state index is 12.8. The molecule has 1 aliphatic rings. The molecule has 0 N–H and O–H groups in total. The number of carbonyl (C=O) groups is 1. The summed E-state index contributed by atoms with van der Waals surface area (Å²) >= 11 is 5.90. The fourth-order valence-corrected chi connectivity index (χ4v) is 4.98. The van der Waals surface area contributed by atoms with Gasteiger partial charge in [0.25, 0.3) is 11.6 Å². The minimum absolute atomic E-state index is 0.0469. The molecule has 2 aromatic carbocycles. The van der Waals surface area contributed by atoms with Gasteiger partial charge in [0.15, 0.2) is 16.4 Å². The Morgan fingerprint density at radius 1 is 1.17 bits per heavy atom. The Kier molecular flexibility index (Phi) is 6.39. The fourth-order valence-electron chi connectivity index (χ4n) is 3.12. The van der Waals surface area contributed by atoms with Crippen LogP contribution in [-0.4, -0.2) is 48.3 Å². The van der Waals surface area contributed by atoms with E-state index in [9.17, 15) is 23.3 Å². The molecular weight excluding hydrogens is 420 g/mol. The Morgan fingerprint density at radius 2 is 1.83 bits per heavy atom. The summed E-state index contributed by atoms with van der Waals surface area (Å²) < 4.78 is 29.2. The van der Waals surface area contributed by atoms with Gasteiger partial charge < -0.3 is 9.64 Å². The Balaban J connectivity index is 1.71. The van der Waals surface area contributed by atoms with Gasteiger partial charge in [-0.1, -0.05) is 23.7 Å². The number of carbonyl (C=O) groups excluding carboxylic acids is 1. The van der Waals surface area contributed by atoms with Crippen molar-refractivity contribution >= 4 is 33.0 Å². The number of ether oxygens (including phenoxy) is 1. The number of benzene rings is 2. The van der Waals surface area contributed by atoms with Gasteiger partial charge in [0.2, 0.25) is 0 Å². The van der Waals surface area contributed by atoms with Crippen LogP contribution in [0, 0.1) is 10.1 Å². The number of amides is 1. The molecule has 0 saturated carbocycles. The monoisotopic (exact) mass is 438 g/mol.